The topological polar surface area (TPSA) is 92.3 Å². The van der Waals surface area contributed by atoms with Crippen molar-refractivity contribution >= 4 is 23.6 Å². The molecule has 0 aliphatic rings. The molecule has 1 amide bonds. The number of para-hydroxylation sites is 1. The molecule has 0 saturated heterocycles. The molecule has 0 spiro atoms. The van der Waals surface area contributed by atoms with E-state index in [4.69, 9.17) is 14.4 Å². The maximum Gasteiger partial charge on any atom is 0.349 e. The summed E-state index contributed by atoms with van der Waals surface area (Å²) in [5.74, 6) is -0.993. The van der Waals surface area contributed by atoms with Crippen LogP contribution in [0.25, 0.3) is 6.08 Å². The molecule has 2 aromatic rings. The average molecular weight is 338 g/mol. The summed E-state index contributed by atoms with van der Waals surface area (Å²) in [7, 11) is 0. The minimum Gasteiger partial charge on any atom is -0.465 e. The van der Waals surface area contributed by atoms with Gasteiger partial charge in [-0.05, 0) is 36.6 Å². The second-order valence-electron chi connectivity index (χ2n) is 5.27. The maximum absolute atomic E-state index is 12.1. The molecule has 1 N–H and O–H groups in total. The first kappa shape index (κ1) is 18.0. The minimum atomic E-state index is -0.880. The van der Waals surface area contributed by atoms with Gasteiger partial charge in [0.05, 0.1) is 6.26 Å². The number of hydrogen-bond donors (Lipinski definition) is 1. The molecule has 0 unspecified atom stereocenters. The standard InChI is InChI=1S/C19H18N2O4/c1-3-14-7-4-6-13(2)18(14)21-17(22)12-25-19(23)15(11-20)10-16-8-5-9-24-16/h4-10H,3,12H2,1-2H3,(H,21,22)/b15-10+. The van der Waals surface area contributed by atoms with Gasteiger partial charge in [0.1, 0.15) is 17.4 Å². The molecule has 6 heteroatoms. The molecule has 1 heterocycles. The number of benzene rings is 1. The lowest BCUT2D eigenvalue weighted by Gasteiger charge is -2.13. The summed E-state index contributed by atoms with van der Waals surface area (Å²) in [6.45, 7) is 3.40. The van der Waals surface area contributed by atoms with Crippen LogP contribution in [-0.4, -0.2) is 18.5 Å². The molecule has 1 aromatic heterocycles. The van der Waals surface area contributed by atoms with Gasteiger partial charge in [0.25, 0.3) is 5.91 Å². The fourth-order valence-electron chi connectivity index (χ4n) is 2.24. The predicted molar refractivity (Wildman–Crippen MR) is 92.4 cm³/mol. The quantitative estimate of drug-likeness (QED) is 0.496. The summed E-state index contributed by atoms with van der Waals surface area (Å²) in [6, 6.07) is 10.7. The first-order valence-electron chi connectivity index (χ1n) is 7.76. The first-order chi connectivity index (χ1) is 12.0. The molecule has 0 aliphatic carbocycles. The number of carbonyl (C=O) groups is 2. The van der Waals surface area contributed by atoms with E-state index < -0.39 is 18.5 Å². The van der Waals surface area contributed by atoms with Gasteiger partial charge in [0, 0.05) is 11.8 Å². The van der Waals surface area contributed by atoms with Crippen LogP contribution in [0.3, 0.4) is 0 Å². The van der Waals surface area contributed by atoms with Crippen molar-refractivity contribution in [3.8, 4) is 6.07 Å². The number of ether oxygens (including phenoxy) is 1. The van der Waals surface area contributed by atoms with Crippen molar-refractivity contribution in [2.75, 3.05) is 11.9 Å². The largest absolute Gasteiger partial charge is 0.465 e. The second-order valence-corrected chi connectivity index (χ2v) is 5.27. The van der Waals surface area contributed by atoms with E-state index in [9.17, 15) is 9.59 Å². The Morgan fingerprint density at radius 3 is 2.76 bits per heavy atom. The van der Waals surface area contributed by atoms with Gasteiger partial charge in [-0.25, -0.2) is 4.79 Å². The monoisotopic (exact) mass is 338 g/mol. The number of furan rings is 1. The summed E-state index contributed by atoms with van der Waals surface area (Å²) in [6.07, 6.45) is 3.45. The summed E-state index contributed by atoms with van der Waals surface area (Å²) >= 11 is 0. The lowest BCUT2D eigenvalue weighted by Crippen LogP contribution is -2.22. The molecule has 6 nitrogen and oxygen atoms in total. The van der Waals surface area contributed by atoms with Crippen LogP contribution in [0.2, 0.25) is 0 Å². The number of esters is 1. The van der Waals surface area contributed by atoms with Gasteiger partial charge in [-0.3, -0.25) is 4.79 Å². The molecule has 25 heavy (non-hydrogen) atoms. The minimum absolute atomic E-state index is 0.243. The van der Waals surface area contributed by atoms with Crippen LogP contribution in [0.4, 0.5) is 5.69 Å². The highest BCUT2D eigenvalue weighted by atomic mass is 16.5. The fourth-order valence-corrected chi connectivity index (χ4v) is 2.24. The third-order valence-corrected chi connectivity index (χ3v) is 3.51. The number of nitrogens with zero attached hydrogens (tertiary/aromatic N) is 1. The molecule has 0 fully saturated rings. The summed E-state index contributed by atoms with van der Waals surface area (Å²) in [5.41, 5.74) is 2.40. The zero-order valence-electron chi connectivity index (χ0n) is 14.0. The Kier molecular flexibility index (Phi) is 6.13. The normalized spacial score (nSPS) is 10.8. The van der Waals surface area contributed by atoms with E-state index in [0.29, 0.717) is 5.76 Å². The van der Waals surface area contributed by atoms with Gasteiger partial charge in [-0.15, -0.1) is 0 Å². The molecule has 0 radical (unpaired) electrons. The van der Waals surface area contributed by atoms with Crippen molar-refractivity contribution in [3.63, 3.8) is 0 Å². The third kappa shape index (κ3) is 4.82. The number of aryl methyl sites for hydroxylation is 2. The summed E-state index contributed by atoms with van der Waals surface area (Å²) in [4.78, 5) is 24.0. The zero-order valence-corrected chi connectivity index (χ0v) is 14.0. The van der Waals surface area contributed by atoms with Crippen LogP contribution in [0.15, 0.2) is 46.6 Å². The molecule has 0 atom stereocenters. The highest BCUT2D eigenvalue weighted by Gasteiger charge is 2.15. The number of rotatable bonds is 6. The lowest BCUT2D eigenvalue weighted by molar-refractivity contribution is -0.142. The number of anilines is 1. The van der Waals surface area contributed by atoms with Gasteiger partial charge in [0.15, 0.2) is 6.61 Å². The van der Waals surface area contributed by atoms with Crippen LogP contribution in [0.5, 0.6) is 0 Å². The molecular formula is C19H18N2O4. The summed E-state index contributed by atoms with van der Waals surface area (Å²) < 4.78 is 9.95. The van der Waals surface area contributed by atoms with Crippen molar-refractivity contribution in [1.29, 1.82) is 5.26 Å². The van der Waals surface area contributed by atoms with Crippen LogP contribution in [0.1, 0.15) is 23.8 Å². The second kappa shape index (κ2) is 8.50. The van der Waals surface area contributed by atoms with E-state index in [0.717, 1.165) is 23.2 Å². The fraction of sp³-hybridized carbons (Fsp3) is 0.211. The van der Waals surface area contributed by atoms with Crippen molar-refractivity contribution in [2.24, 2.45) is 0 Å². The molecule has 0 saturated carbocycles. The van der Waals surface area contributed by atoms with Crippen LogP contribution >= 0.6 is 0 Å². The predicted octanol–water partition coefficient (Wildman–Crippen LogP) is 3.24. The van der Waals surface area contributed by atoms with Crippen molar-refractivity contribution in [1.82, 2.24) is 0 Å². The number of hydrogen-bond acceptors (Lipinski definition) is 5. The van der Waals surface area contributed by atoms with Gasteiger partial charge >= 0.3 is 5.97 Å². The SMILES string of the molecule is CCc1cccc(C)c1NC(=O)COC(=O)/C(C#N)=C/c1ccco1. The Balaban J connectivity index is 1.98. The molecular weight excluding hydrogens is 320 g/mol. The number of amides is 1. The number of nitriles is 1. The van der Waals surface area contributed by atoms with Crippen molar-refractivity contribution in [3.05, 3.63) is 59.1 Å². The average Bonchev–Trinajstić information content (AvgIpc) is 3.12. The van der Waals surface area contributed by atoms with E-state index in [1.54, 1.807) is 18.2 Å². The molecule has 0 aliphatic heterocycles. The Hall–Kier alpha value is -3.33. The van der Waals surface area contributed by atoms with E-state index in [1.807, 2.05) is 32.0 Å². The van der Waals surface area contributed by atoms with Gasteiger partial charge < -0.3 is 14.5 Å². The van der Waals surface area contributed by atoms with Crippen molar-refractivity contribution < 1.29 is 18.7 Å². The molecule has 0 bridgehead atoms. The molecule has 128 valence electrons. The smallest absolute Gasteiger partial charge is 0.349 e. The zero-order chi connectivity index (χ0) is 18.2. The number of carbonyl (C=O) groups excluding carboxylic acids is 2. The molecule has 1 aromatic carbocycles. The lowest BCUT2D eigenvalue weighted by atomic mass is 10.1. The highest BCUT2D eigenvalue weighted by molar-refractivity contribution is 6.00. The van der Waals surface area contributed by atoms with E-state index in [1.165, 1.54) is 12.3 Å². The van der Waals surface area contributed by atoms with Crippen LogP contribution < -0.4 is 5.32 Å². The van der Waals surface area contributed by atoms with Gasteiger partial charge in [-0.1, -0.05) is 25.1 Å². The molecule has 2 rings (SSSR count). The first-order valence-corrected chi connectivity index (χ1v) is 7.76. The Morgan fingerprint density at radius 1 is 1.32 bits per heavy atom. The van der Waals surface area contributed by atoms with E-state index in [-0.39, 0.29) is 5.57 Å². The van der Waals surface area contributed by atoms with E-state index >= 15 is 0 Å². The van der Waals surface area contributed by atoms with E-state index in [2.05, 4.69) is 5.32 Å². The van der Waals surface area contributed by atoms with Crippen LogP contribution in [-0.2, 0) is 20.7 Å². The third-order valence-electron chi connectivity index (χ3n) is 3.51. The maximum atomic E-state index is 12.1. The Bertz CT molecular complexity index is 830. The van der Waals surface area contributed by atoms with Gasteiger partial charge in [0.2, 0.25) is 0 Å². The Labute approximate surface area is 145 Å². The highest BCUT2D eigenvalue weighted by Crippen LogP contribution is 2.21. The van der Waals surface area contributed by atoms with Crippen molar-refractivity contribution in [2.45, 2.75) is 20.3 Å². The number of nitrogens with one attached hydrogen (secondary N) is 1. The van der Waals surface area contributed by atoms with Crippen LogP contribution in [0, 0.1) is 18.3 Å². The Morgan fingerprint density at radius 2 is 2.12 bits per heavy atom. The summed E-state index contributed by atoms with van der Waals surface area (Å²) in [5, 5.41) is 11.8. The van der Waals surface area contributed by atoms with Gasteiger partial charge in [-0.2, -0.15) is 5.26 Å².